The molecule has 364 valence electrons. The molecule has 0 spiro atoms. The quantitative estimate of drug-likeness (QED) is 0.0321. The molecule has 6 heteroatoms. The molecule has 0 radical (unpaired) electrons. The van der Waals surface area contributed by atoms with Crippen molar-refractivity contribution in [2.45, 2.75) is 302 Å². The van der Waals surface area contributed by atoms with Gasteiger partial charge in [0.05, 0.1) is 25.2 Å². The van der Waals surface area contributed by atoms with Crippen LogP contribution < -0.4 is 5.32 Å². The van der Waals surface area contributed by atoms with Crippen molar-refractivity contribution < 1.29 is 24.5 Å². The molecule has 0 bridgehead atoms. The molecule has 0 saturated heterocycles. The van der Waals surface area contributed by atoms with E-state index in [1.165, 1.54) is 167 Å². The number of rotatable bonds is 49. The average molecular weight is 872 g/mol. The summed E-state index contributed by atoms with van der Waals surface area (Å²) in [7, 11) is 0. The van der Waals surface area contributed by atoms with Crippen LogP contribution in [0, 0.1) is 0 Å². The summed E-state index contributed by atoms with van der Waals surface area (Å²) in [6, 6.07) is -0.702. The highest BCUT2D eigenvalue weighted by Gasteiger charge is 2.24. The number of hydrogen-bond acceptors (Lipinski definition) is 5. The number of ether oxygens (including phenoxy) is 1. The van der Waals surface area contributed by atoms with Gasteiger partial charge in [-0.15, -0.1) is 0 Å². The van der Waals surface area contributed by atoms with Crippen LogP contribution in [-0.4, -0.2) is 46.9 Å². The van der Waals surface area contributed by atoms with Crippen LogP contribution in [0.3, 0.4) is 0 Å². The van der Waals surface area contributed by atoms with Gasteiger partial charge in [0.15, 0.2) is 0 Å². The van der Waals surface area contributed by atoms with Gasteiger partial charge in [0.2, 0.25) is 5.91 Å². The molecule has 6 nitrogen and oxygen atoms in total. The summed E-state index contributed by atoms with van der Waals surface area (Å²) in [4.78, 5) is 26.1. The predicted octanol–water partition coefficient (Wildman–Crippen LogP) is 16.5. The molecule has 0 aliphatic heterocycles. The Hall–Kier alpha value is -1.92. The van der Waals surface area contributed by atoms with Gasteiger partial charge in [-0.05, 0) is 51.4 Å². The fourth-order valence-corrected chi connectivity index (χ4v) is 8.37. The van der Waals surface area contributed by atoms with E-state index in [1.54, 1.807) is 0 Å². The molecule has 0 rings (SSSR count). The number of esters is 1. The van der Waals surface area contributed by atoms with Crippen LogP contribution >= 0.6 is 0 Å². The molecule has 1 amide bonds. The lowest BCUT2D eigenvalue weighted by molar-refractivity contribution is -0.151. The number of nitrogens with one attached hydrogen (secondary N) is 1. The van der Waals surface area contributed by atoms with E-state index in [9.17, 15) is 19.8 Å². The van der Waals surface area contributed by atoms with E-state index < -0.39 is 18.2 Å². The summed E-state index contributed by atoms with van der Waals surface area (Å²) >= 11 is 0. The molecule has 0 aliphatic carbocycles. The SMILES string of the molecule is CCCCCCC/C=C/C=C/C=C/CCCCCCCC(=O)OC(CCCCCCCCCC)CC(=O)NC(CO)C(O)CCCCCCCCCCCCCCCCCCC. The Morgan fingerprint density at radius 1 is 0.468 bits per heavy atom. The number of carbonyl (C=O) groups excluding carboxylic acids is 2. The molecule has 0 fully saturated rings. The number of hydrogen-bond donors (Lipinski definition) is 3. The van der Waals surface area contributed by atoms with E-state index >= 15 is 0 Å². The molecule has 0 heterocycles. The lowest BCUT2D eigenvalue weighted by Gasteiger charge is -2.24. The Balaban J connectivity index is 4.39. The number of unbranched alkanes of at least 4 members (excludes halogenated alkanes) is 33. The van der Waals surface area contributed by atoms with Crippen LogP contribution in [0.15, 0.2) is 36.5 Å². The first-order chi connectivity index (χ1) is 30.5. The lowest BCUT2D eigenvalue weighted by Crippen LogP contribution is -2.46. The zero-order valence-electron chi connectivity index (χ0n) is 41.5. The third kappa shape index (κ3) is 44.7. The number of aliphatic hydroxyl groups is 2. The van der Waals surface area contributed by atoms with Crippen LogP contribution in [0.1, 0.15) is 284 Å². The van der Waals surface area contributed by atoms with Crippen LogP contribution in [0.2, 0.25) is 0 Å². The number of allylic oxidation sites excluding steroid dienone is 6. The van der Waals surface area contributed by atoms with Crippen LogP contribution in [-0.2, 0) is 14.3 Å². The van der Waals surface area contributed by atoms with Gasteiger partial charge in [0, 0.05) is 6.42 Å². The highest BCUT2D eigenvalue weighted by molar-refractivity contribution is 5.77. The van der Waals surface area contributed by atoms with Crippen LogP contribution in [0.25, 0.3) is 0 Å². The lowest BCUT2D eigenvalue weighted by atomic mass is 10.0. The molecule has 3 N–H and O–H groups in total. The topological polar surface area (TPSA) is 95.9 Å². The van der Waals surface area contributed by atoms with Crippen molar-refractivity contribution in [2.75, 3.05) is 6.61 Å². The molecular weight excluding hydrogens is 767 g/mol. The van der Waals surface area contributed by atoms with Crippen molar-refractivity contribution in [2.24, 2.45) is 0 Å². The first kappa shape index (κ1) is 60.1. The van der Waals surface area contributed by atoms with Gasteiger partial charge in [-0.1, -0.05) is 256 Å². The maximum absolute atomic E-state index is 13.2. The van der Waals surface area contributed by atoms with E-state index in [1.807, 2.05) is 0 Å². The Labute approximate surface area is 385 Å². The Morgan fingerprint density at radius 2 is 0.823 bits per heavy atom. The van der Waals surface area contributed by atoms with E-state index in [0.29, 0.717) is 19.3 Å². The maximum Gasteiger partial charge on any atom is 0.306 e. The van der Waals surface area contributed by atoms with Crippen molar-refractivity contribution in [3.05, 3.63) is 36.5 Å². The third-order valence-corrected chi connectivity index (χ3v) is 12.5. The van der Waals surface area contributed by atoms with Crippen LogP contribution in [0.4, 0.5) is 0 Å². The second-order valence-electron chi connectivity index (χ2n) is 18.7. The summed E-state index contributed by atoms with van der Waals surface area (Å²) in [6.45, 7) is 6.46. The Bertz CT molecular complexity index is 1020. The second-order valence-corrected chi connectivity index (χ2v) is 18.7. The van der Waals surface area contributed by atoms with Crippen molar-refractivity contribution in [3.8, 4) is 0 Å². The summed E-state index contributed by atoms with van der Waals surface area (Å²) in [5, 5.41) is 23.8. The fourth-order valence-electron chi connectivity index (χ4n) is 8.37. The van der Waals surface area contributed by atoms with Crippen molar-refractivity contribution in [1.82, 2.24) is 5.32 Å². The average Bonchev–Trinajstić information content (AvgIpc) is 3.26. The fraction of sp³-hybridized carbons (Fsp3) is 0.857. The number of amides is 1. The molecule has 0 saturated carbocycles. The second kappa shape index (κ2) is 50.1. The van der Waals surface area contributed by atoms with Gasteiger partial charge in [-0.2, -0.15) is 0 Å². The predicted molar refractivity (Wildman–Crippen MR) is 269 cm³/mol. The Morgan fingerprint density at radius 3 is 1.23 bits per heavy atom. The Kier molecular flexibility index (Phi) is 48.5. The van der Waals surface area contributed by atoms with E-state index in [0.717, 1.165) is 70.6 Å². The van der Waals surface area contributed by atoms with Gasteiger partial charge in [-0.25, -0.2) is 0 Å². The van der Waals surface area contributed by atoms with Crippen molar-refractivity contribution in [1.29, 1.82) is 0 Å². The number of carbonyl (C=O) groups is 2. The molecule has 0 aromatic heterocycles. The summed E-state index contributed by atoms with van der Waals surface area (Å²) < 4.78 is 5.91. The minimum absolute atomic E-state index is 0.0721. The third-order valence-electron chi connectivity index (χ3n) is 12.5. The largest absolute Gasteiger partial charge is 0.462 e. The van der Waals surface area contributed by atoms with E-state index in [2.05, 4.69) is 62.5 Å². The van der Waals surface area contributed by atoms with E-state index in [-0.39, 0.29) is 24.9 Å². The number of aliphatic hydroxyl groups excluding tert-OH is 2. The molecule has 62 heavy (non-hydrogen) atoms. The first-order valence-corrected chi connectivity index (χ1v) is 27.2. The molecule has 0 aliphatic rings. The summed E-state index contributed by atoms with van der Waals surface area (Å²) in [5.74, 6) is -0.489. The maximum atomic E-state index is 13.2. The molecule has 3 unspecified atom stereocenters. The standard InChI is InChI=1S/C56H105NO5/c1-4-7-10-13-16-19-21-23-25-27-29-31-33-35-37-40-43-46-49-56(61)62-52(47-44-41-38-18-15-12-9-6-3)50-55(60)57-53(51-58)54(59)48-45-42-39-36-34-32-30-28-26-24-22-20-17-14-11-8-5-2/h21,23,25,27,29,31,52-54,58-59H,4-20,22,24,26,28,30,32-51H2,1-3H3,(H,57,60)/b23-21+,27-25+,31-29+. The van der Waals surface area contributed by atoms with Gasteiger partial charge in [0.25, 0.3) is 0 Å². The molecule has 3 atom stereocenters. The van der Waals surface area contributed by atoms with Gasteiger partial charge in [-0.3, -0.25) is 9.59 Å². The highest BCUT2D eigenvalue weighted by atomic mass is 16.5. The summed E-state index contributed by atoms with van der Waals surface area (Å²) in [6.07, 6.45) is 59.3. The zero-order valence-corrected chi connectivity index (χ0v) is 41.5. The van der Waals surface area contributed by atoms with E-state index in [4.69, 9.17) is 4.74 Å². The van der Waals surface area contributed by atoms with Crippen molar-refractivity contribution in [3.63, 3.8) is 0 Å². The minimum atomic E-state index is -0.788. The van der Waals surface area contributed by atoms with Gasteiger partial charge < -0.3 is 20.3 Å². The molecule has 0 aromatic carbocycles. The van der Waals surface area contributed by atoms with Crippen molar-refractivity contribution >= 4 is 11.9 Å². The smallest absolute Gasteiger partial charge is 0.306 e. The summed E-state index contributed by atoms with van der Waals surface area (Å²) in [5.41, 5.74) is 0. The zero-order chi connectivity index (χ0) is 45.2. The first-order valence-electron chi connectivity index (χ1n) is 27.2. The minimum Gasteiger partial charge on any atom is -0.462 e. The highest BCUT2D eigenvalue weighted by Crippen LogP contribution is 2.18. The monoisotopic (exact) mass is 872 g/mol. The van der Waals surface area contributed by atoms with Gasteiger partial charge in [0.1, 0.15) is 6.10 Å². The van der Waals surface area contributed by atoms with Crippen LogP contribution in [0.5, 0.6) is 0 Å². The molecule has 0 aromatic rings. The normalized spacial score (nSPS) is 13.4. The molecular formula is C56H105NO5. The van der Waals surface area contributed by atoms with Gasteiger partial charge >= 0.3 is 5.97 Å².